The largest absolute Gasteiger partial charge is 0.475 e. The summed E-state index contributed by atoms with van der Waals surface area (Å²) < 4.78 is 4.94. The van der Waals surface area contributed by atoms with Crippen molar-refractivity contribution >= 4 is 28.5 Å². The van der Waals surface area contributed by atoms with E-state index in [-0.39, 0.29) is 11.5 Å². The molecule has 3 rings (SSSR count). The number of furan rings is 1. The highest BCUT2D eigenvalue weighted by molar-refractivity contribution is 6.03. The first-order valence-electron chi connectivity index (χ1n) is 6.13. The van der Waals surface area contributed by atoms with E-state index in [0.29, 0.717) is 5.69 Å². The summed E-state index contributed by atoms with van der Waals surface area (Å²) in [6, 6.07) is 11.5. The average molecular weight is 282 g/mol. The van der Waals surface area contributed by atoms with Gasteiger partial charge in [0.2, 0.25) is 5.76 Å². The van der Waals surface area contributed by atoms with Gasteiger partial charge in [0.05, 0.1) is 5.52 Å². The number of anilines is 1. The minimum absolute atomic E-state index is 0.0568. The molecule has 2 aromatic heterocycles. The van der Waals surface area contributed by atoms with Crippen LogP contribution >= 0.6 is 0 Å². The van der Waals surface area contributed by atoms with Crippen LogP contribution in [-0.4, -0.2) is 22.0 Å². The predicted octanol–water partition coefficient (Wildman–Crippen LogP) is 2.78. The molecule has 6 heteroatoms. The van der Waals surface area contributed by atoms with Crippen molar-refractivity contribution in [2.24, 2.45) is 0 Å². The van der Waals surface area contributed by atoms with Crippen molar-refractivity contribution in [3.63, 3.8) is 0 Å². The average Bonchev–Trinajstić information content (AvgIpc) is 2.97. The quantitative estimate of drug-likeness (QED) is 0.770. The summed E-state index contributed by atoms with van der Waals surface area (Å²) in [7, 11) is 0. The Hall–Kier alpha value is -3.15. The van der Waals surface area contributed by atoms with Crippen LogP contribution in [0.5, 0.6) is 0 Å². The number of pyridine rings is 1. The van der Waals surface area contributed by atoms with Crippen LogP contribution in [0.3, 0.4) is 0 Å². The second-order valence-electron chi connectivity index (χ2n) is 4.33. The zero-order chi connectivity index (χ0) is 14.8. The zero-order valence-electron chi connectivity index (χ0n) is 10.7. The molecule has 21 heavy (non-hydrogen) atoms. The Balaban J connectivity index is 1.83. The molecule has 2 N–H and O–H groups in total. The predicted molar refractivity (Wildman–Crippen MR) is 75.4 cm³/mol. The highest BCUT2D eigenvalue weighted by Crippen LogP contribution is 2.18. The van der Waals surface area contributed by atoms with E-state index in [4.69, 9.17) is 9.52 Å². The van der Waals surface area contributed by atoms with E-state index in [0.717, 1.165) is 10.9 Å². The van der Waals surface area contributed by atoms with Crippen LogP contribution in [0.2, 0.25) is 0 Å². The van der Waals surface area contributed by atoms with Gasteiger partial charge in [0.25, 0.3) is 5.91 Å². The summed E-state index contributed by atoms with van der Waals surface area (Å²) in [5.74, 6) is -2.06. The maximum Gasteiger partial charge on any atom is 0.371 e. The summed E-state index contributed by atoms with van der Waals surface area (Å²) in [4.78, 5) is 26.9. The molecule has 0 aliphatic carbocycles. The van der Waals surface area contributed by atoms with Crippen molar-refractivity contribution < 1.29 is 19.1 Å². The van der Waals surface area contributed by atoms with Gasteiger partial charge in [-0.15, -0.1) is 0 Å². The second-order valence-corrected chi connectivity index (χ2v) is 4.33. The van der Waals surface area contributed by atoms with Crippen molar-refractivity contribution in [2.75, 3.05) is 5.32 Å². The van der Waals surface area contributed by atoms with Gasteiger partial charge in [0.1, 0.15) is 0 Å². The van der Waals surface area contributed by atoms with Crippen LogP contribution in [0.1, 0.15) is 21.1 Å². The molecule has 6 nitrogen and oxygen atoms in total. The number of aromatic nitrogens is 1. The molecule has 1 amide bonds. The van der Waals surface area contributed by atoms with E-state index in [1.54, 1.807) is 30.5 Å². The SMILES string of the molecule is O=C(O)c1ccc(C(=O)Nc2ccc3ncccc3c2)o1. The van der Waals surface area contributed by atoms with Gasteiger partial charge >= 0.3 is 5.97 Å². The molecule has 0 fully saturated rings. The van der Waals surface area contributed by atoms with E-state index >= 15 is 0 Å². The van der Waals surface area contributed by atoms with E-state index in [9.17, 15) is 9.59 Å². The monoisotopic (exact) mass is 282 g/mol. The Morgan fingerprint density at radius 3 is 2.67 bits per heavy atom. The zero-order valence-corrected chi connectivity index (χ0v) is 10.7. The third-order valence-electron chi connectivity index (χ3n) is 2.90. The molecule has 2 heterocycles. The highest BCUT2D eigenvalue weighted by Gasteiger charge is 2.15. The fourth-order valence-electron chi connectivity index (χ4n) is 1.92. The first kappa shape index (κ1) is 12.9. The number of benzene rings is 1. The number of carbonyl (C=O) groups excluding carboxylic acids is 1. The molecule has 1 aromatic carbocycles. The van der Waals surface area contributed by atoms with E-state index in [1.807, 2.05) is 6.07 Å². The second kappa shape index (κ2) is 5.09. The molecule has 0 saturated heterocycles. The Kier molecular flexibility index (Phi) is 3.12. The van der Waals surface area contributed by atoms with Crippen molar-refractivity contribution in [3.05, 3.63) is 60.2 Å². The number of nitrogens with zero attached hydrogens (tertiary/aromatic N) is 1. The Labute approximate surface area is 119 Å². The van der Waals surface area contributed by atoms with Gasteiger partial charge in [-0.2, -0.15) is 0 Å². The normalized spacial score (nSPS) is 10.5. The lowest BCUT2D eigenvalue weighted by Crippen LogP contribution is -2.10. The number of aromatic carboxylic acids is 1. The summed E-state index contributed by atoms with van der Waals surface area (Å²) in [5.41, 5.74) is 1.40. The molecule has 0 radical (unpaired) electrons. The molecule has 0 aliphatic heterocycles. The molecule has 0 spiro atoms. The van der Waals surface area contributed by atoms with Crippen LogP contribution in [0.25, 0.3) is 10.9 Å². The fraction of sp³-hybridized carbons (Fsp3) is 0. The fourth-order valence-corrected chi connectivity index (χ4v) is 1.92. The third-order valence-corrected chi connectivity index (χ3v) is 2.90. The maximum atomic E-state index is 12.0. The number of fused-ring (bicyclic) bond motifs is 1. The van der Waals surface area contributed by atoms with Gasteiger partial charge in [0.15, 0.2) is 5.76 Å². The van der Waals surface area contributed by atoms with Gasteiger partial charge in [-0.05, 0) is 36.4 Å². The Morgan fingerprint density at radius 1 is 1.10 bits per heavy atom. The molecule has 104 valence electrons. The van der Waals surface area contributed by atoms with Crippen molar-refractivity contribution in [3.8, 4) is 0 Å². The number of amides is 1. The summed E-state index contributed by atoms with van der Waals surface area (Å²) >= 11 is 0. The molecule has 0 aliphatic rings. The minimum Gasteiger partial charge on any atom is -0.475 e. The number of hydrogen-bond donors (Lipinski definition) is 2. The standard InChI is InChI=1S/C15H10N2O4/c18-14(12-5-6-13(21-12)15(19)20)17-10-3-4-11-9(8-10)2-1-7-16-11/h1-8H,(H,17,18)(H,19,20). The van der Waals surface area contributed by atoms with Crippen LogP contribution in [0.4, 0.5) is 5.69 Å². The maximum absolute atomic E-state index is 12.0. The van der Waals surface area contributed by atoms with Crippen LogP contribution in [0.15, 0.2) is 53.1 Å². The van der Waals surface area contributed by atoms with E-state index in [1.165, 1.54) is 12.1 Å². The molecule has 0 unspecified atom stereocenters. The number of carboxylic acids is 1. The summed E-state index contributed by atoms with van der Waals surface area (Å²) in [6.45, 7) is 0. The van der Waals surface area contributed by atoms with Crippen molar-refractivity contribution in [2.45, 2.75) is 0 Å². The van der Waals surface area contributed by atoms with Gasteiger partial charge in [-0.25, -0.2) is 4.79 Å². The number of carboxylic acid groups (broad SMARTS) is 1. The number of nitrogens with one attached hydrogen (secondary N) is 1. The molecule has 0 bridgehead atoms. The Bertz CT molecular complexity index is 838. The van der Waals surface area contributed by atoms with Gasteiger partial charge in [-0.1, -0.05) is 6.07 Å². The number of rotatable bonds is 3. The number of hydrogen-bond acceptors (Lipinski definition) is 4. The van der Waals surface area contributed by atoms with Crippen molar-refractivity contribution in [1.29, 1.82) is 0 Å². The van der Waals surface area contributed by atoms with Gasteiger partial charge < -0.3 is 14.8 Å². The molecular formula is C15H10N2O4. The lowest BCUT2D eigenvalue weighted by atomic mass is 10.2. The molecule has 0 atom stereocenters. The van der Waals surface area contributed by atoms with Crippen LogP contribution < -0.4 is 5.32 Å². The Morgan fingerprint density at radius 2 is 1.90 bits per heavy atom. The summed E-state index contributed by atoms with van der Waals surface area (Å²) in [6.07, 6.45) is 1.69. The van der Waals surface area contributed by atoms with Gasteiger partial charge in [0, 0.05) is 17.3 Å². The van der Waals surface area contributed by atoms with Crippen molar-refractivity contribution in [1.82, 2.24) is 4.98 Å². The topological polar surface area (TPSA) is 92.4 Å². The van der Waals surface area contributed by atoms with Crippen LogP contribution in [-0.2, 0) is 0 Å². The lowest BCUT2D eigenvalue weighted by Gasteiger charge is -2.04. The number of carbonyl (C=O) groups is 2. The first-order chi connectivity index (χ1) is 10.1. The molecule has 0 saturated carbocycles. The smallest absolute Gasteiger partial charge is 0.371 e. The third kappa shape index (κ3) is 2.59. The highest BCUT2D eigenvalue weighted by atomic mass is 16.4. The van der Waals surface area contributed by atoms with Gasteiger partial charge in [-0.3, -0.25) is 9.78 Å². The molecular weight excluding hydrogens is 272 g/mol. The minimum atomic E-state index is -1.22. The first-order valence-corrected chi connectivity index (χ1v) is 6.13. The van der Waals surface area contributed by atoms with E-state index < -0.39 is 11.9 Å². The van der Waals surface area contributed by atoms with Crippen LogP contribution in [0, 0.1) is 0 Å². The lowest BCUT2D eigenvalue weighted by molar-refractivity contribution is 0.0660. The summed E-state index contributed by atoms with van der Waals surface area (Å²) in [5, 5.41) is 12.3. The molecule has 3 aromatic rings. The van der Waals surface area contributed by atoms with E-state index in [2.05, 4.69) is 10.3 Å².